The van der Waals surface area contributed by atoms with Crippen molar-refractivity contribution in [3.63, 3.8) is 0 Å². The van der Waals surface area contributed by atoms with Crippen molar-refractivity contribution in [2.45, 2.75) is 25.8 Å². The Labute approximate surface area is 112 Å². The van der Waals surface area contributed by atoms with Gasteiger partial charge in [0.1, 0.15) is 0 Å². The first-order chi connectivity index (χ1) is 9.04. The first kappa shape index (κ1) is 14.9. The Hall–Kier alpha value is -2.19. The van der Waals surface area contributed by atoms with Crippen LogP contribution in [0.4, 0.5) is 0 Å². The number of nitrogens with two attached hydrogens (primary N) is 1. The third-order valence-corrected chi connectivity index (χ3v) is 2.56. The summed E-state index contributed by atoms with van der Waals surface area (Å²) in [6.45, 7) is 2.21. The fraction of sp³-hybridized carbons (Fsp3) is 0.357. The number of carbonyl (C=O) groups is 1. The third-order valence-electron chi connectivity index (χ3n) is 2.56. The number of hydrogen-bond acceptors (Lipinski definition) is 4. The Kier molecular flexibility index (Phi) is 5.71. The van der Waals surface area contributed by atoms with E-state index in [1.807, 2.05) is 0 Å². The third kappa shape index (κ3) is 4.90. The van der Waals surface area contributed by atoms with E-state index >= 15 is 0 Å². The van der Waals surface area contributed by atoms with E-state index in [-0.39, 0.29) is 17.4 Å². The zero-order valence-electron chi connectivity index (χ0n) is 10.8. The maximum absolute atomic E-state index is 11.7. The van der Waals surface area contributed by atoms with Crippen LogP contribution in [0.1, 0.15) is 18.9 Å². The molecule has 0 aliphatic rings. The number of rotatable bonds is 5. The molecule has 0 spiro atoms. The minimum atomic E-state index is -0.696. The van der Waals surface area contributed by atoms with Crippen molar-refractivity contribution in [1.82, 2.24) is 5.32 Å². The summed E-state index contributed by atoms with van der Waals surface area (Å²) in [6.07, 6.45) is 0.883. The van der Waals surface area contributed by atoms with E-state index in [2.05, 4.69) is 17.2 Å². The van der Waals surface area contributed by atoms with Crippen molar-refractivity contribution in [1.29, 1.82) is 0 Å². The maximum atomic E-state index is 11.7. The van der Waals surface area contributed by atoms with Crippen LogP contribution in [-0.2, 0) is 11.2 Å². The average Bonchev–Trinajstić information content (AvgIpc) is 2.38. The average molecular weight is 262 g/mol. The predicted octanol–water partition coefficient (Wildman–Crippen LogP) is 0.497. The van der Waals surface area contributed by atoms with Gasteiger partial charge in [-0.3, -0.25) is 4.79 Å². The summed E-state index contributed by atoms with van der Waals surface area (Å²) in [4.78, 5) is 11.7. The van der Waals surface area contributed by atoms with E-state index in [0.717, 1.165) is 0 Å². The molecule has 1 rings (SSSR count). The van der Waals surface area contributed by atoms with Crippen LogP contribution in [-0.4, -0.2) is 28.7 Å². The molecule has 1 amide bonds. The number of benzene rings is 1. The van der Waals surface area contributed by atoms with E-state index < -0.39 is 6.04 Å². The van der Waals surface area contributed by atoms with Crippen LogP contribution in [0.3, 0.4) is 0 Å². The largest absolute Gasteiger partial charge is 0.504 e. The smallest absolute Gasteiger partial charge is 0.237 e. The van der Waals surface area contributed by atoms with Crippen molar-refractivity contribution >= 4 is 5.91 Å². The molecule has 0 saturated heterocycles. The predicted molar refractivity (Wildman–Crippen MR) is 72.5 cm³/mol. The Morgan fingerprint density at radius 2 is 2.16 bits per heavy atom. The molecule has 0 fully saturated rings. The lowest BCUT2D eigenvalue weighted by Gasteiger charge is -2.12. The number of nitrogens with one attached hydrogen (secondary N) is 1. The molecule has 1 aromatic rings. The van der Waals surface area contributed by atoms with Gasteiger partial charge in [0.25, 0.3) is 0 Å². The molecule has 5 heteroatoms. The molecule has 0 saturated carbocycles. The summed E-state index contributed by atoms with van der Waals surface area (Å²) in [6, 6.07) is 3.68. The summed E-state index contributed by atoms with van der Waals surface area (Å²) in [5, 5.41) is 21.2. The fourth-order valence-electron chi connectivity index (χ4n) is 1.55. The van der Waals surface area contributed by atoms with E-state index in [4.69, 9.17) is 5.73 Å². The summed E-state index contributed by atoms with van der Waals surface area (Å²) < 4.78 is 0. The number of amides is 1. The minimum absolute atomic E-state index is 0.195. The van der Waals surface area contributed by atoms with Crippen molar-refractivity contribution in [3.8, 4) is 23.3 Å². The first-order valence-electron chi connectivity index (χ1n) is 5.98. The lowest BCUT2D eigenvalue weighted by Crippen LogP contribution is -2.42. The van der Waals surface area contributed by atoms with Gasteiger partial charge in [0, 0.05) is 13.0 Å². The number of hydrogen-bond donors (Lipinski definition) is 4. The lowest BCUT2D eigenvalue weighted by molar-refractivity contribution is -0.122. The van der Waals surface area contributed by atoms with Gasteiger partial charge in [0.05, 0.1) is 6.04 Å². The second kappa shape index (κ2) is 7.29. The van der Waals surface area contributed by atoms with Gasteiger partial charge >= 0.3 is 0 Å². The van der Waals surface area contributed by atoms with E-state index in [1.165, 1.54) is 12.1 Å². The van der Waals surface area contributed by atoms with Gasteiger partial charge in [0.2, 0.25) is 5.91 Å². The highest BCUT2D eigenvalue weighted by atomic mass is 16.3. The van der Waals surface area contributed by atoms with Crippen molar-refractivity contribution < 1.29 is 15.0 Å². The molecule has 5 N–H and O–H groups in total. The molecule has 0 radical (unpaired) electrons. The second-order valence-corrected chi connectivity index (χ2v) is 4.10. The normalized spacial score (nSPS) is 11.3. The zero-order chi connectivity index (χ0) is 14.3. The van der Waals surface area contributed by atoms with Gasteiger partial charge in [-0.05, 0) is 31.0 Å². The highest BCUT2D eigenvalue weighted by Gasteiger charge is 2.14. The zero-order valence-corrected chi connectivity index (χ0v) is 10.8. The number of aromatic hydroxyl groups is 2. The Morgan fingerprint density at radius 1 is 1.42 bits per heavy atom. The van der Waals surface area contributed by atoms with Crippen molar-refractivity contribution in [2.24, 2.45) is 5.73 Å². The van der Waals surface area contributed by atoms with E-state index in [0.29, 0.717) is 24.9 Å². The molecule has 0 aliphatic carbocycles. The minimum Gasteiger partial charge on any atom is -0.504 e. The van der Waals surface area contributed by atoms with Crippen LogP contribution in [0.25, 0.3) is 0 Å². The molecule has 0 aromatic heterocycles. The number of phenols is 2. The van der Waals surface area contributed by atoms with Crippen LogP contribution in [0.2, 0.25) is 0 Å². The standard InChI is InChI=1S/C14H18N2O3/c1-2-3-4-7-16-14(19)11(15)8-10-5-6-12(17)13(18)9-10/h5-6,9,11,17-18H,4,7-8,15H2,1H3,(H,16,19)/t11-/m0/s1. The molecule has 0 heterocycles. The van der Waals surface area contributed by atoms with Gasteiger partial charge in [0.15, 0.2) is 11.5 Å². The SMILES string of the molecule is CC#CCCNC(=O)[C@@H](N)Cc1ccc(O)c(O)c1. The quantitative estimate of drug-likeness (QED) is 0.353. The van der Waals surface area contributed by atoms with Gasteiger partial charge in [-0.25, -0.2) is 0 Å². The number of phenolic OH excluding ortho intramolecular Hbond substituents is 2. The highest BCUT2D eigenvalue weighted by molar-refractivity contribution is 5.81. The molecule has 0 unspecified atom stereocenters. The molecular formula is C14H18N2O3. The van der Waals surface area contributed by atoms with Crippen molar-refractivity contribution in [3.05, 3.63) is 23.8 Å². The topological polar surface area (TPSA) is 95.6 Å². The summed E-state index contributed by atoms with van der Waals surface area (Å²) >= 11 is 0. The van der Waals surface area contributed by atoms with Crippen LogP contribution >= 0.6 is 0 Å². The van der Waals surface area contributed by atoms with Crippen LogP contribution in [0, 0.1) is 11.8 Å². The van der Waals surface area contributed by atoms with Crippen LogP contribution in [0.15, 0.2) is 18.2 Å². The Morgan fingerprint density at radius 3 is 2.79 bits per heavy atom. The van der Waals surface area contributed by atoms with Gasteiger partial charge < -0.3 is 21.3 Å². The molecule has 0 aliphatic heterocycles. The summed E-state index contributed by atoms with van der Waals surface area (Å²) in [7, 11) is 0. The first-order valence-corrected chi connectivity index (χ1v) is 5.98. The van der Waals surface area contributed by atoms with Crippen LogP contribution < -0.4 is 11.1 Å². The van der Waals surface area contributed by atoms with Crippen LogP contribution in [0.5, 0.6) is 11.5 Å². The number of carbonyl (C=O) groups excluding carboxylic acids is 1. The van der Waals surface area contributed by atoms with Gasteiger partial charge in [-0.2, -0.15) is 0 Å². The molecule has 19 heavy (non-hydrogen) atoms. The molecular weight excluding hydrogens is 244 g/mol. The Balaban J connectivity index is 2.48. The molecule has 1 atom stereocenters. The van der Waals surface area contributed by atoms with E-state index in [1.54, 1.807) is 13.0 Å². The lowest BCUT2D eigenvalue weighted by atomic mass is 10.1. The fourth-order valence-corrected chi connectivity index (χ4v) is 1.55. The summed E-state index contributed by atoms with van der Waals surface area (Å²) in [5.74, 6) is 4.91. The maximum Gasteiger partial charge on any atom is 0.237 e. The van der Waals surface area contributed by atoms with Crippen molar-refractivity contribution in [2.75, 3.05) is 6.54 Å². The monoisotopic (exact) mass is 262 g/mol. The second-order valence-electron chi connectivity index (χ2n) is 4.10. The molecule has 5 nitrogen and oxygen atoms in total. The molecule has 0 bridgehead atoms. The molecule has 102 valence electrons. The highest BCUT2D eigenvalue weighted by Crippen LogP contribution is 2.25. The van der Waals surface area contributed by atoms with E-state index in [9.17, 15) is 15.0 Å². The Bertz CT molecular complexity index is 503. The molecule has 1 aromatic carbocycles. The summed E-state index contributed by atoms with van der Waals surface area (Å²) in [5.41, 5.74) is 6.45. The van der Waals surface area contributed by atoms with Gasteiger partial charge in [-0.15, -0.1) is 11.8 Å². The van der Waals surface area contributed by atoms with Gasteiger partial charge in [-0.1, -0.05) is 6.07 Å².